The van der Waals surface area contributed by atoms with Crippen molar-refractivity contribution >= 4 is 23.4 Å². The number of carbonyl (C=O) groups is 3. The molecule has 0 atom stereocenters. The van der Waals surface area contributed by atoms with E-state index in [4.69, 9.17) is 10.5 Å². The van der Waals surface area contributed by atoms with Gasteiger partial charge in [0.25, 0.3) is 5.56 Å². The first-order valence-electron chi connectivity index (χ1n) is 9.24. The second kappa shape index (κ2) is 9.77. The van der Waals surface area contributed by atoms with E-state index in [2.05, 4.69) is 0 Å². The zero-order chi connectivity index (χ0) is 22.4. The van der Waals surface area contributed by atoms with Crippen LogP contribution < -0.4 is 17.0 Å². The maximum absolute atomic E-state index is 12.9. The first kappa shape index (κ1) is 22.7. The number of nitrogens with zero attached hydrogens (tertiary/aromatic N) is 2. The lowest BCUT2D eigenvalue weighted by Crippen LogP contribution is -2.43. The van der Waals surface area contributed by atoms with E-state index in [9.17, 15) is 28.4 Å². The second-order valence-corrected chi connectivity index (χ2v) is 6.57. The molecule has 0 fully saturated rings. The first-order chi connectivity index (χ1) is 14.2. The lowest BCUT2D eigenvalue weighted by Gasteiger charge is -2.13. The molecule has 0 unspecified atom stereocenters. The average Bonchev–Trinajstić information content (AvgIpc) is 2.72. The number of anilines is 1. The zero-order valence-corrected chi connectivity index (χ0v) is 16.6. The average molecular weight is 419 g/mol. The minimum atomic E-state index is -0.877. The van der Waals surface area contributed by atoms with Gasteiger partial charge in [0.2, 0.25) is 5.78 Å². The number of hydrogen-bond acceptors (Lipinski definition) is 7. The van der Waals surface area contributed by atoms with Crippen molar-refractivity contribution in [2.75, 3.05) is 12.3 Å². The van der Waals surface area contributed by atoms with Crippen molar-refractivity contribution in [2.45, 2.75) is 32.7 Å². The number of halogens is 1. The van der Waals surface area contributed by atoms with Crippen LogP contribution in [-0.2, 0) is 23.1 Å². The van der Waals surface area contributed by atoms with Crippen LogP contribution in [0.3, 0.4) is 0 Å². The Balaban J connectivity index is 2.02. The molecule has 0 amide bonds. The molecule has 30 heavy (non-hydrogen) atoms. The third-order valence-corrected chi connectivity index (χ3v) is 4.40. The van der Waals surface area contributed by atoms with Gasteiger partial charge in [0.15, 0.2) is 12.4 Å². The number of Topliss-reactive ketones (excluding diaryl/α,β-unsaturated/α-hetero) is 2. The molecule has 1 heterocycles. The molecule has 9 nitrogen and oxygen atoms in total. The fourth-order valence-electron chi connectivity index (χ4n) is 2.77. The molecule has 2 N–H and O–H groups in total. The lowest BCUT2D eigenvalue weighted by molar-refractivity contribution is -0.142. The number of carbonyl (C=O) groups excluding carboxylic acids is 3. The highest BCUT2D eigenvalue weighted by atomic mass is 19.1. The topological polar surface area (TPSA) is 130 Å². The number of aromatic nitrogens is 2. The molecule has 0 saturated carbocycles. The molecule has 160 valence electrons. The molecule has 0 bridgehead atoms. The summed E-state index contributed by atoms with van der Waals surface area (Å²) in [5.41, 5.74) is 4.13. The molecule has 0 saturated heterocycles. The van der Waals surface area contributed by atoms with Gasteiger partial charge < -0.3 is 10.5 Å². The standard InChI is InChI=1S/C20H22FN3O6/c1-3-10-24-18(22)17(19(28)23(2)20(24)29)15(26)11-30-16(27)9-8-14(25)12-4-6-13(21)7-5-12/h4-7H,3,8-11,22H2,1-2H3. The third-order valence-electron chi connectivity index (χ3n) is 4.40. The SMILES string of the molecule is CCCn1c(N)c(C(=O)COC(=O)CCC(=O)c2ccc(F)cc2)c(=O)n(C)c1=O. The maximum atomic E-state index is 12.9. The number of ketones is 2. The molecule has 0 spiro atoms. The van der Waals surface area contributed by atoms with Crippen molar-refractivity contribution in [3.05, 3.63) is 62.0 Å². The Morgan fingerprint density at radius 2 is 1.70 bits per heavy atom. The summed E-state index contributed by atoms with van der Waals surface area (Å²) in [7, 11) is 1.22. The van der Waals surface area contributed by atoms with Gasteiger partial charge in [-0.3, -0.25) is 28.3 Å². The first-order valence-corrected chi connectivity index (χ1v) is 9.24. The molecule has 1 aromatic heterocycles. The van der Waals surface area contributed by atoms with E-state index in [1.807, 2.05) is 0 Å². The molecule has 2 rings (SSSR count). The summed E-state index contributed by atoms with van der Waals surface area (Å²) in [6.45, 7) is 1.26. The van der Waals surface area contributed by atoms with Gasteiger partial charge in [-0.05, 0) is 30.7 Å². The van der Waals surface area contributed by atoms with Crippen LogP contribution in [0.25, 0.3) is 0 Å². The van der Waals surface area contributed by atoms with Crippen molar-refractivity contribution in [3.8, 4) is 0 Å². The fraction of sp³-hybridized carbons (Fsp3) is 0.350. The fourth-order valence-corrected chi connectivity index (χ4v) is 2.77. The van der Waals surface area contributed by atoms with Crippen LogP contribution in [-0.4, -0.2) is 33.3 Å². The van der Waals surface area contributed by atoms with Crippen LogP contribution in [0.5, 0.6) is 0 Å². The molecule has 0 aliphatic rings. The zero-order valence-electron chi connectivity index (χ0n) is 16.6. The largest absolute Gasteiger partial charge is 0.457 e. The van der Waals surface area contributed by atoms with Gasteiger partial charge in [-0.1, -0.05) is 6.92 Å². The van der Waals surface area contributed by atoms with E-state index in [1.165, 1.54) is 19.2 Å². The van der Waals surface area contributed by atoms with Crippen molar-refractivity contribution in [1.82, 2.24) is 9.13 Å². The van der Waals surface area contributed by atoms with E-state index in [0.29, 0.717) is 6.42 Å². The maximum Gasteiger partial charge on any atom is 0.332 e. The summed E-state index contributed by atoms with van der Waals surface area (Å²) >= 11 is 0. The number of hydrogen-bond donors (Lipinski definition) is 1. The van der Waals surface area contributed by atoms with E-state index in [0.717, 1.165) is 21.3 Å². The van der Waals surface area contributed by atoms with E-state index >= 15 is 0 Å². The highest BCUT2D eigenvalue weighted by Crippen LogP contribution is 2.09. The van der Waals surface area contributed by atoms with Crippen molar-refractivity contribution in [1.29, 1.82) is 0 Å². The predicted octanol–water partition coefficient (Wildman–Crippen LogP) is 1.07. The highest BCUT2D eigenvalue weighted by molar-refractivity contribution is 6.01. The molecule has 10 heteroatoms. The highest BCUT2D eigenvalue weighted by Gasteiger charge is 2.22. The van der Waals surface area contributed by atoms with Crippen LogP contribution in [0.1, 0.15) is 46.9 Å². The van der Waals surface area contributed by atoms with Crippen LogP contribution in [0.2, 0.25) is 0 Å². The summed E-state index contributed by atoms with van der Waals surface area (Å²) in [6, 6.07) is 4.87. The van der Waals surface area contributed by atoms with Gasteiger partial charge in [-0.15, -0.1) is 0 Å². The second-order valence-electron chi connectivity index (χ2n) is 6.57. The van der Waals surface area contributed by atoms with E-state index < -0.39 is 41.0 Å². The normalized spacial score (nSPS) is 10.6. The Kier molecular flexibility index (Phi) is 7.40. The summed E-state index contributed by atoms with van der Waals surface area (Å²) in [6.07, 6.45) is 0.0588. The van der Waals surface area contributed by atoms with Gasteiger partial charge in [0.1, 0.15) is 17.2 Å². The summed E-state index contributed by atoms with van der Waals surface area (Å²) in [5.74, 6) is -2.83. The Hall–Kier alpha value is -3.56. The van der Waals surface area contributed by atoms with Gasteiger partial charge in [-0.2, -0.15) is 0 Å². The number of ether oxygens (including phenoxy) is 1. The number of benzene rings is 1. The molecule has 0 radical (unpaired) electrons. The summed E-state index contributed by atoms with van der Waals surface area (Å²) in [5, 5.41) is 0. The quantitative estimate of drug-likeness (QED) is 0.475. The Morgan fingerprint density at radius 3 is 2.30 bits per heavy atom. The van der Waals surface area contributed by atoms with E-state index in [-0.39, 0.29) is 36.6 Å². The van der Waals surface area contributed by atoms with Crippen molar-refractivity contribution < 1.29 is 23.5 Å². The molecule has 1 aromatic carbocycles. The van der Waals surface area contributed by atoms with Gasteiger partial charge in [-0.25, -0.2) is 9.18 Å². The Morgan fingerprint density at radius 1 is 1.07 bits per heavy atom. The molecule has 2 aromatic rings. The number of nitrogens with two attached hydrogens (primary N) is 1. The van der Waals surface area contributed by atoms with Gasteiger partial charge in [0, 0.05) is 25.6 Å². The Labute approximate surface area is 170 Å². The number of rotatable bonds is 9. The molecular weight excluding hydrogens is 397 g/mol. The molecule has 0 aliphatic heterocycles. The van der Waals surface area contributed by atoms with Crippen LogP contribution in [0.4, 0.5) is 10.2 Å². The van der Waals surface area contributed by atoms with Crippen LogP contribution in [0, 0.1) is 5.82 Å². The van der Waals surface area contributed by atoms with Gasteiger partial charge >= 0.3 is 11.7 Å². The van der Waals surface area contributed by atoms with Crippen molar-refractivity contribution in [3.63, 3.8) is 0 Å². The number of esters is 1. The monoisotopic (exact) mass is 419 g/mol. The smallest absolute Gasteiger partial charge is 0.332 e. The minimum absolute atomic E-state index is 0.191. The third kappa shape index (κ3) is 5.07. The minimum Gasteiger partial charge on any atom is -0.457 e. The Bertz CT molecular complexity index is 1090. The molecule has 0 aliphatic carbocycles. The van der Waals surface area contributed by atoms with Crippen molar-refractivity contribution in [2.24, 2.45) is 7.05 Å². The van der Waals surface area contributed by atoms with E-state index in [1.54, 1.807) is 6.92 Å². The predicted molar refractivity (Wildman–Crippen MR) is 106 cm³/mol. The molecular formula is C20H22FN3O6. The van der Waals surface area contributed by atoms with Crippen LogP contribution in [0.15, 0.2) is 33.9 Å². The summed E-state index contributed by atoms with van der Waals surface area (Å²) < 4.78 is 19.6. The number of nitrogen functional groups attached to an aromatic ring is 1. The lowest BCUT2D eigenvalue weighted by atomic mass is 10.1. The van der Waals surface area contributed by atoms with Gasteiger partial charge in [0.05, 0.1) is 6.42 Å². The van der Waals surface area contributed by atoms with Crippen LogP contribution >= 0.6 is 0 Å². The summed E-state index contributed by atoms with van der Waals surface area (Å²) in [4.78, 5) is 60.7.